The van der Waals surface area contributed by atoms with Gasteiger partial charge < -0.3 is 4.74 Å². The van der Waals surface area contributed by atoms with Crippen LogP contribution in [0.1, 0.15) is 70.9 Å². The topological polar surface area (TPSA) is 43.4 Å². The summed E-state index contributed by atoms with van der Waals surface area (Å²) in [5, 5.41) is 0. The normalized spacial score (nSPS) is 23.2. The van der Waals surface area contributed by atoms with Gasteiger partial charge in [0, 0.05) is 29.9 Å². The third-order valence-electron chi connectivity index (χ3n) is 5.76. The molecular formula is C23H24O3. The van der Waals surface area contributed by atoms with E-state index in [4.69, 9.17) is 4.74 Å². The first-order chi connectivity index (χ1) is 12.6. The summed E-state index contributed by atoms with van der Waals surface area (Å²) in [4.78, 5) is 25.3. The van der Waals surface area contributed by atoms with Crippen LogP contribution in [-0.2, 0) is 0 Å². The summed E-state index contributed by atoms with van der Waals surface area (Å²) in [6.45, 7) is 4.55. The molecule has 1 aliphatic heterocycles. The minimum atomic E-state index is 0.0319. The van der Waals surface area contributed by atoms with Crippen LogP contribution < -0.4 is 4.74 Å². The number of carbonyl (C=O) groups is 2. The largest absolute Gasteiger partial charge is 0.492 e. The summed E-state index contributed by atoms with van der Waals surface area (Å²) in [6, 6.07) is 13.9. The van der Waals surface area contributed by atoms with Gasteiger partial charge in [-0.1, -0.05) is 44.2 Å². The van der Waals surface area contributed by atoms with Crippen molar-refractivity contribution in [2.45, 2.75) is 39.0 Å². The van der Waals surface area contributed by atoms with E-state index < -0.39 is 0 Å². The monoisotopic (exact) mass is 348 g/mol. The van der Waals surface area contributed by atoms with Gasteiger partial charge in [0.2, 0.25) is 0 Å². The third kappa shape index (κ3) is 3.07. The van der Waals surface area contributed by atoms with Gasteiger partial charge in [0.05, 0.1) is 12.2 Å². The van der Waals surface area contributed by atoms with Crippen molar-refractivity contribution in [1.29, 1.82) is 0 Å². The fourth-order valence-electron chi connectivity index (χ4n) is 3.89. The standard InChI is InChI=1S/C23H24O3/c1-3-21(24)19-11-17(22(25)12-16-9-14(16)2)10-18-20(13-26-23(18)19)15-7-5-4-6-8-15/h4-8,10-11,14,16,20H,3,9,12-13H2,1-2H3/t14-,16+,20-/m0/s1. The average Bonchev–Trinajstić information content (AvgIpc) is 3.19. The molecule has 0 radical (unpaired) electrons. The van der Waals surface area contributed by atoms with E-state index >= 15 is 0 Å². The van der Waals surface area contributed by atoms with E-state index in [-0.39, 0.29) is 17.5 Å². The number of rotatable bonds is 6. The Morgan fingerprint density at radius 2 is 1.85 bits per heavy atom. The van der Waals surface area contributed by atoms with Crippen LogP contribution in [0.15, 0.2) is 42.5 Å². The van der Waals surface area contributed by atoms with Crippen LogP contribution in [0.4, 0.5) is 0 Å². The maximum absolute atomic E-state index is 12.8. The molecule has 2 aromatic rings. The number of hydrogen-bond donors (Lipinski definition) is 0. The summed E-state index contributed by atoms with van der Waals surface area (Å²) in [6.07, 6.45) is 2.12. The second-order valence-electron chi connectivity index (χ2n) is 7.59. The minimum absolute atomic E-state index is 0.0319. The van der Waals surface area contributed by atoms with Crippen LogP contribution in [0.5, 0.6) is 5.75 Å². The molecule has 1 aliphatic carbocycles. The molecule has 0 bridgehead atoms. The van der Waals surface area contributed by atoms with E-state index in [1.54, 1.807) is 6.07 Å². The van der Waals surface area contributed by atoms with Gasteiger partial charge >= 0.3 is 0 Å². The van der Waals surface area contributed by atoms with E-state index in [1.807, 2.05) is 31.2 Å². The van der Waals surface area contributed by atoms with Crippen molar-refractivity contribution in [2.24, 2.45) is 11.8 Å². The molecule has 134 valence electrons. The first kappa shape index (κ1) is 17.0. The molecule has 2 aliphatic rings. The molecule has 0 saturated heterocycles. The minimum Gasteiger partial charge on any atom is -0.492 e. The molecular weight excluding hydrogens is 324 g/mol. The summed E-state index contributed by atoms with van der Waals surface area (Å²) in [7, 11) is 0. The highest BCUT2D eigenvalue weighted by Crippen LogP contribution is 2.44. The number of ketones is 2. The van der Waals surface area contributed by atoms with Crippen molar-refractivity contribution in [3.63, 3.8) is 0 Å². The lowest BCUT2D eigenvalue weighted by Gasteiger charge is -2.12. The van der Waals surface area contributed by atoms with Crippen LogP contribution in [0.25, 0.3) is 0 Å². The van der Waals surface area contributed by atoms with Crippen LogP contribution in [-0.4, -0.2) is 18.2 Å². The number of ether oxygens (including phenoxy) is 1. The fourth-order valence-corrected chi connectivity index (χ4v) is 3.89. The second-order valence-corrected chi connectivity index (χ2v) is 7.59. The van der Waals surface area contributed by atoms with Gasteiger partial charge in [0.1, 0.15) is 5.75 Å². The Morgan fingerprint density at radius 1 is 1.12 bits per heavy atom. The van der Waals surface area contributed by atoms with Crippen molar-refractivity contribution in [2.75, 3.05) is 6.61 Å². The highest BCUT2D eigenvalue weighted by Gasteiger charge is 2.36. The average molecular weight is 348 g/mol. The Labute approximate surface area is 154 Å². The molecule has 4 rings (SSSR count). The van der Waals surface area contributed by atoms with Gasteiger partial charge in [-0.15, -0.1) is 0 Å². The van der Waals surface area contributed by atoms with Crippen molar-refractivity contribution in [3.05, 3.63) is 64.7 Å². The van der Waals surface area contributed by atoms with Gasteiger partial charge in [-0.3, -0.25) is 9.59 Å². The molecule has 2 aromatic carbocycles. The maximum Gasteiger partial charge on any atom is 0.166 e. The van der Waals surface area contributed by atoms with Gasteiger partial charge in [0.15, 0.2) is 11.6 Å². The van der Waals surface area contributed by atoms with E-state index in [9.17, 15) is 9.59 Å². The highest BCUT2D eigenvalue weighted by molar-refractivity contribution is 6.04. The van der Waals surface area contributed by atoms with Gasteiger partial charge in [-0.25, -0.2) is 0 Å². The zero-order valence-corrected chi connectivity index (χ0v) is 15.3. The van der Waals surface area contributed by atoms with Crippen LogP contribution >= 0.6 is 0 Å². The third-order valence-corrected chi connectivity index (χ3v) is 5.76. The van der Waals surface area contributed by atoms with Crippen LogP contribution in [0.2, 0.25) is 0 Å². The lowest BCUT2D eigenvalue weighted by atomic mass is 9.88. The Bertz CT molecular complexity index is 853. The molecule has 1 heterocycles. The first-order valence-electron chi connectivity index (χ1n) is 9.50. The van der Waals surface area contributed by atoms with Crippen LogP contribution in [0.3, 0.4) is 0 Å². The summed E-state index contributed by atoms with van der Waals surface area (Å²) >= 11 is 0. The SMILES string of the molecule is CCC(=O)c1cc(C(=O)C[C@H]2C[C@@H]2C)cc2c1OC[C@H]2c1ccccc1. The predicted molar refractivity (Wildman–Crippen MR) is 101 cm³/mol. The molecule has 1 fully saturated rings. The Balaban J connectivity index is 1.75. The lowest BCUT2D eigenvalue weighted by Crippen LogP contribution is -2.07. The number of hydrogen-bond acceptors (Lipinski definition) is 3. The van der Waals surface area contributed by atoms with Crippen molar-refractivity contribution >= 4 is 11.6 Å². The zero-order chi connectivity index (χ0) is 18.3. The first-order valence-corrected chi connectivity index (χ1v) is 9.50. The smallest absolute Gasteiger partial charge is 0.166 e. The number of carbonyl (C=O) groups excluding carboxylic acids is 2. The molecule has 0 unspecified atom stereocenters. The number of Topliss-reactive ketones (excluding diaryl/α,β-unsaturated/α-hetero) is 2. The molecule has 0 spiro atoms. The molecule has 0 amide bonds. The molecule has 3 nitrogen and oxygen atoms in total. The Kier molecular flexibility index (Phi) is 4.39. The van der Waals surface area contributed by atoms with Gasteiger partial charge in [-0.2, -0.15) is 0 Å². The predicted octanol–water partition coefficient (Wildman–Crippen LogP) is 5.03. The van der Waals surface area contributed by atoms with Gasteiger partial charge in [-0.05, 0) is 36.0 Å². The summed E-state index contributed by atoms with van der Waals surface area (Å²) < 4.78 is 5.93. The molecule has 0 N–H and O–H groups in total. The quantitative estimate of drug-likeness (QED) is 0.688. The van der Waals surface area contributed by atoms with E-state index in [2.05, 4.69) is 19.1 Å². The molecule has 26 heavy (non-hydrogen) atoms. The van der Waals surface area contributed by atoms with E-state index in [1.165, 1.54) is 0 Å². The van der Waals surface area contributed by atoms with E-state index in [0.717, 1.165) is 17.5 Å². The second kappa shape index (κ2) is 6.71. The summed E-state index contributed by atoms with van der Waals surface area (Å²) in [5.41, 5.74) is 3.35. The van der Waals surface area contributed by atoms with Crippen molar-refractivity contribution in [1.82, 2.24) is 0 Å². The Morgan fingerprint density at radius 3 is 2.50 bits per heavy atom. The van der Waals surface area contributed by atoms with Crippen molar-refractivity contribution in [3.8, 4) is 5.75 Å². The highest BCUT2D eigenvalue weighted by atomic mass is 16.5. The van der Waals surface area contributed by atoms with Gasteiger partial charge in [0.25, 0.3) is 0 Å². The van der Waals surface area contributed by atoms with E-state index in [0.29, 0.717) is 48.2 Å². The zero-order valence-electron chi connectivity index (χ0n) is 15.3. The summed E-state index contributed by atoms with van der Waals surface area (Å²) in [5.74, 6) is 2.06. The maximum atomic E-state index is 12.8. The molecule has 1 saturated carbocycles. The molecule has 3 heteroatoms. The molecule has 0 aromatic heterocycles. The Hall–Kier alpha value is -2.42. The number of fused-ring (bicyclic) bond motifs is 1. The fraction of sp³-hybridized carbons (Fsp3) is 0.391. The number of benzene rings is 2. The lowest BCUT2D eigenvalue weighted by molar-refractivity contribution is 0.0974. The molecule has 3 atom stereocenters. The van der Waals surface area contributed by atoms with Crippen LogP contribution in [0, 0.1) is 11.8 Å². The van der Waals surface area contributed by atoms with Crippen molar-refractivity contribution < 1.29 is 14.3 Å².